The van der Waals surface area contributed by atoms with Crippen molar-refractivity contribution in [2.24, 2.45) is 5.16 Å². The van der Waals surface area contributed by atoms with Gasteiger partial charge in [0.2, 0.25) is 0 Å². The van der Waals surface area contributed by atoms with Crippen molar-refractivity contribution in [2.45, 2.75) is 25.4 Å². The zero-order valence-electron chi connectivity index (χ0n) is 16.3. The number of hydrogen-bond donors (Lipinski definition) is 0. The Morgan fingerprint density at radius 3 is 2.52 bits per heavy atom. The quantitative estimate of drug-likeness (QED) is 0.548. The lowest BCUT2D eigenvalue weighted by molar-refractivity contribution is -0.136. The second-order valence-corrected chi connectivity index (χ2v) is 6.97. The molecule has 0 amide bonds. The van der Waals surface area contributed by atoms with Crippen LogP contribution in [0.25, 0.3) is 6.08 Å². The predicted octanol–water partition coefficient (Wildman–Crippen LogP) is 3.99. The molecule has 0 aromatic heterocycles. The second kappa shape index (κ2) is 8.92. The average Bonchev–Trinajstić information content (AvgIpc) is 3.14. The number of rotatable bonds is 6. The largest absolute Gasteiger partial charge is 0.497 e. The minimum Gasteiger partial charge on any atom is -0.497 e. The first-order valence-corrected chi connectivity index (χ1v) is 9.73. The molecule has 150 valence electrons. The molecule has 4 rings (SSSR count). The number of methoxy groups -OCH3 is 1. The zero-order chi connectivity index (χ0) is 20.1. The highest BCUT2D eigenvalue weighted by atomic mass is 16.7. The lowest BCUT2D eigenvalue weighted by atomic mass is 10.0. The van der Waals surface area contributed by atoms with Crippen molar-refractivity contribution in [1.29, 1.82) is 0 Å². The van der Waals surface area contributed by atoms with E-state index < -0.39 is 5.97 Å². The second-order valence-electron chi connectivity index (χ2n) is 6.97. The van der Waals surface area contributed by atoms with Crippen LogP contribution in [0, 0.1) is 0 Å². The van der Waals surface area contributed by atoms with Crippen molar-refractivity contribution >= 4 is 17.8 Å². The fraction of sp³-hybridized carbons (Fsp3) is 0.304. The summed E-state index contributed by atoms with van der Waals surface area (Å²) in [7, 11) is 1.61. The molecule has 2 aliphatic heterocycles. The smallest absolute Gasteiger partial charge is 0.368 e. The third-order valence-electron chi connectivity index (χ3n) is 4.96. The summed E-state index contributed by atoms with van der Waals surface area (Å²) in [6.45, 7) is 1.37. The third-order valence-corrected chi connectivity index (χ3v) is 4.96. The molecule has 6 heteroatoms. The van der Waals surface area contributed by atoms with Gasteiger partial charge >= 0.3 is 5.97 Å². The maximum Gasteiger partial charge on any atom is 0.368 e. The van der Waals surface area contributed by atoms with E-state index in [1.165, 1.54) is 6.42 Å². The van der Waals surface area contributed by atoms with Crippen LogP contribution in [-0.4, -0.2) is 38.1 Å². The van der Waals surface area contributed by atoms with Gasteiger partial charge in [0.05, 0.1) is 18.8 Å². The first-order valence-electron chi connectivity index (χ1n) is 9.73. The van der Waals surface area contributed by atoms with Crippen molar-refractivity contribution in [3.8, 4) is 11.5 Å². The third kappa shape index (κ3) is 4.66. The number of hydrogen-bond acceptors (Lipinski definition) is 6. The summed E-state index contributed by atoms with van der Waals surface area (Å²) >= 11 is 0. The van der Waals surface area contributed by atoms with E-state index in [0.29, 0.717) is 17.9 Å². The Labute approximate surface area is 169 Å². The Balaban J connectivity index is 1.45. The number of carbonyl (C=O) groups excluding carboxylic acids is 1. The van der Waals surface area contributed by atoms with Crippen molar-refractivity contribution in [1.82, 2.24) is 0 Å². The van der Waals surface area contributed by atoms with Crippen LogP contribution in [0.1, 0.15) is 30.4 Å². The van der Waals surface area contributed by atoms with Crippen molar-refractivity contribution in [2.75, 3.05) is 20.3 Å². The van der Waals surface area contributed by atoms with Crippen LogP contribution >= 0.6 is 0 Å². The standard InChI is InChI=1S/C23H23NO5/c1-26-18-11-7-17(8-12-18)22-21(23(25)29-24-22)14-16-5-9-19(10-6-16)28-15-20-4-2-3-13-27-20/h5-12,14,20H,2-4,13,15H2,1H3/b21-14-. The van der Waals surface area contributed by atoms with Crippen molar-refractivity contribution < 1.29 is 23.8 Å². The molecular formula is C23H23NO5. The maximum absolute atomic E-state index is 12.2. The number of oxime groups is 1. The van der Waals surface area contributed by atoms with Gasteiger partial charge in [-0.05, 0) is 67.3 Å². The highest BCUT2D eigenvalue weighted by Gasteiger charge is 2.26. The predicted molar refractivity (Wildman–Crippen MR) is 109 cm³/mol. The minimum atomic E-state index is -0.467. The lowest BCUT2D eigenvalue weighted by Gasteiger charge is -2.22. The molecule has 2 aliphatic rings. The van der Waals surface area contributed by atoms with E-state index in [0.717, 1.165) is 42.1 Å². The highest BCUT2D eigenvalue weighted by molar-refractivity contribution is 6.31. The maximum atomic E-state index is 12.2. The van der Waals surface area contributed by atoms with Crippen LogP contribution in [0.2, 0.25) is 0 Å². The fourth-order valence-electron chi connectivity index (χ4n) is 3.32. The van der Waals surface area contributed by atoms with Crippen LogP contribution in [0.5, 0.6) is 11.5 Å². The minimum absolute atomic E-state index is 0.169. The summed E-state index contributed by atoms with van der Waals surface area (Å²) in [5.74, 6) is 1.05. The van der Waals surface area contributed by atoms with Gasteiger partial charge in [-0.2, -0.15) is 0 Å². The molecule has 1 fully saturated rings. The van der Waals surface area contributed by atoms with Gasteiger partial charge in [-0.1, -0.05) is 17.3 Å². The van der Waals surface area contributed by atoms with E-state index in [2.05, 4.69) is 5.16 Å². The molecular weight excluding hydrogens is 370 g/mol. The monoisotopic (exact) mass is 393 g/mol. The van der Waals surface area contributed by atoms with E-state index in [1.807, 2.05) is 48.5 Å². The van der Waals surface area contributed by atoms with Crippen LogP contribution < -0.4 is 9.47 Å². The zero-order valence-corrected chi connectivity index (χ0v) is 16.3. The Kier molecular flexibility index (Phi) is 5.91. The van der Waals surface area contributed by atoms with Crippen LogP contribution in [0.4, 0.5) is 0 Å². The van der Waals surface area contributed by atoms with Crippen LogP contribution in [0.15, 0.2) is 59.3 Å². The van der Waals surface area contributed by atoms with Crippen LogP contribution in [-0.2, 0) is 14.4 Å². The number of carbonyl (C=O) groups is 1. The molecule has 2 aromatic rings. The summed E-state index contributed by atoms with van der Waals surface area (Å²) < 4.78 is 16.7. The van der Waals surface area contributed by atoms with Crippen molar-refractivity contribution in [3.05, 3.63) is 65.2 Å². The molecule has 0 N–H and O–H groups in total. The normalized spacial score (nSPS) is 20.3. The van der Waals surface area contributed by atoms with E-state index in [1.54, 1.807) is 13.2 Å². The molecule has 0 aliphatic carbocycles. The van der Waals surface area contributed by atoms with E-state index in [4.69, 9.17) is 19.0 Å². The highest BCUT2D eigenvalue weighted by Crippen LogP contribution is 2.24. The molecule has 2 heterocycles. The van der Waals surface area contributed by atoms with E-state index in [-0.39, 0.29) is 6.10 Å². The molecule has 6 nitrogen and oxygen atoms in total. The van der Waals surface area contributed by atoms with E-state index >= 15 is 0 Å². The molecule has 2 aromatic carbocycles. The Hall–Kier alpha value is -3.12. The van der Waals surface area contributed by atoms with Gasteiger partial charge in [0.15, 0.2) is 0 Å². The number of benzene rings is 2. The average molecular weight is 393 g/mol. The summed E-state index contributed by atoms with van der Waals surface area (Å²) in [5.41, 5.74) is 2.57. The van der Waals surface area contributed by atoms with Crippen molar-refractivity contribution in [3.63, 3.8) is 0 Å². The molecule has 0 radical (unpaired) electrons. The SMILES string of the molecule is COc1ccc(C2=NOC(=O)/C2=C\c2ccc(OCC3CCCCO3)cc2)cc1. The number of nitrogens with zero attached hydrogens (tertiary/aromatic N) is 1. The summed E-state index contributed by atoms with van der Waals surface area (Å²) in [5, 5.41) is 3.94. The Morgan fingerprint density at radius 1 is 1.07 bits per heavy atom. The lowest BCUT2D eigenvalue weighted by Crippen LogP contribution is -2.25. The van der Waals surface area contributed by atoms with Gasteiger partial charge in [0, 0.05) is 12.2 Å². The molecule has 1 saturated heterocycles. The first kappa shape index (κ1) is 19.2. The molecule has 1 unspecified atom stereocenters. The van der Waals surface area contributed by atoms with E-state index in [9.17, 15) is 4.79 Å². The molecule has 0 bridgehead atoms. The first-order chi connectivity index (χ1) is 14.2. The number of ether oxygens (including phenoxy) is 3. The van der Waals surface area contributed by atoms with Gasteiger partial charge in [-0.15, -0.1) is 0 Å². The summed E-state index contributed by atoms with van der Waals surface area (Å²) in [6, 6.07) is 14.9. The topological polar surface area (TPSA) is 66.4 Å². The van der Waals surface area contributed by atoms with Crippen LogP contribution in [0.3, 0.4) is 0 Å². The van der Waals surface area contributed by atoms with Gasteiger partial charge in [0.25, 0.3) is 0 Å². The molecule has 0 spiro atoms. The van der Waals surface area contributed by atoms with Gasteiger partial charge < -0.3 is 19.0 Å². The summed E-state index contributed by atoms with van der Waals surface area (Å²) in [6.07, 6.45) is 5.30. The molecule has 29 heavy (non-hydrogen) atoms. The van der Waals surface area contributed by atoms with Gasteiger partial charge in [-0.25, -0.2) is 4.79 Å². The summed E-state index contributed by atoms with van der Waals surface area (Å²) in [4.78, 5) is 17.1. The van der Waals surface area contributed by atoms with Gasteiger partial charge in [-0.3, -0.25) is 0 Å². The molecule has 1 atom stereocenters. The Bertz CT molecular complexity index is 909. The molecule has 0 saturated carbocycles. The Morgan fingerprint density at radius 2 is 1.83 bits per heavy atom. The fourth-order valence-corrected chi connectivity index (χ4v) is 3.32. The van der Waals surface area contributed by atoms with Gasteiger partial charge in [0.1, 0.15) is 23.8 Å².